The van der Waals surface area contributed by atoms with E-state index in [1.807, 2.05) is 49.7 Å². The lowest BCUT2D eigenvalue weighted by Crippen LogP contribution is -2.53. The van der Waals surface area contributed by atoms with Crippen LogP contribution in [0.25, 0.3) is 23.0 Å². The number of amides is 1. The average molecular weight is 673 g/mol. The maximum absolute atomic E-state index is 12.4. The second-order valence-corrected chi connectivity index (χ2v) is 12.6. The van der Waals surface area contributed by atoms with Gasteiger partial charge in [0.05, 0.1) is 19.6 Å². The molecule has 0 bridgehead atoms. The molecule has 2 N–H and O–H groups in total. The Bertz CT molecular complexity index is 1690. The number of halogens is 3. The average Bonchev–Trinajstić information content (AvgIpc) is 3.56. The number of primary amides is 1. The fourth-order valence-electron chi connectivity index (χ4n) is 4.64. The molecule has 12 nitrogen and oxygen atoms in total. The number of aromatic nitrogens is 4. The Balaban J connectivity index is 0.000000579. The zero-order chi connectivity index (χ0) is 35.2. The molecule has 2 aromatic heterocycles. The van der Waals surface area contributed by atoms with E-state index in [9.17, 15) is 22.8 Å². The number of carbonyl (C=O) groups is 2. The van der Waals surface area contributed by atoms with Crippen molar-refractivity contribution >= 4 is 17.7 Å². The van der Waals surface area contributed by atoms with Crippen LogP contribution in [-0.4, -0.2) is 63.1 Å². The molecule has 3 heterocycles. The number of alkyl halides is 3. The molecule has 0 radical (unpaired) electrons. The molecule has 1 aliphatic heterocycles. The van der Waals surface area contributed by atoms with Crippen molar-refractivity contribution in [3.63, 3.8) is 0 Å². The number of anilines is 1. The van der Waals surface area contributed by atoms with Gasteiger partial charge in [-0.25, -0.2) is 4.79 Å². The molecule has 48 heavy (non-hydrogen) atoms. The first kappa shape index (κ1) is 35.8. The summed E-state index contributed by atoms with van der Waals surface area (Å²) in [5, 5.41) is 8.56. The Morgan fingerprint density at radius 1 is 1.06 bits per heavy atom. The number of esters is 1. The molecular formula is C33H39F3N6O6. The van der Waals surface area contributed by atoms with Crippen molar-refractivity contribution in [3.8, 4) is 28.7 Å². The number of aryl methyl sites for hydroxylation is 1. The summed E-state index contributed by atoms with van der Waals surface area (Å²) in [7, 11) is 0. The minimum Gasteiger partial charge on any atom is -0.459 e. The second kappa shape index (κ2) is 14.8. The van der Waals surface area contributed by atoms with E-state index in [2.05, 4.69) is 35.7 Å². The predicted molar refractivity (Wildman–Crippen MR) is 170 cm³/mol. The lowest BCUT2D eigenvalue weighted by molar-refractivity contribution is -0.274. The highest BCUT2D eigenvalue weighted by molar-refractivity contribution is 5.70. The van der Waals surface area contributed by atoms with E-state index in [0.29, 0.717) is 37.3 Å². The molecule has 15 heteroatoms. The summed E-state index contributed by atoms with van der Waals surface area (Å²) >= 11 is 0. The van der Waals surface area contributed by atoms with Gasteiger partial charge in [0.2, 0.25) is 5.82 Å². The normalized spacial score (nSPS) is 13.4. The summed E-state index contributed by atoms with van der Waals surface area (Å²) in [6.45, 7) is 13.0. The highest BCUT2D eigenvalue weighted by Gasteiger charge is 2.31. The lowest BCUT2D eigenvalue weighted by Gasteiger charge is -2.40. The molecule has 1 saturated heterocycles. The molecule has 1 amide bonds. The van der Waals surface area contributed by atoms with Gasteiger partial charge in [-0.3, -0.25) is 9.48 Å². The van der Waals surface area contributed by atoms with E-state index in [-0.39, 0.29) is 35.5 Å². The monoisotopic (exact) mass is 672 g/mol. The number of hydrogen-bond acceptors (Lipinski definition) is 10. The number of benzene rings is 2. The van der Waals surface area contributed by atoms with Gasteiger partial charge in [0.15, 0.2) is 5.69 Å². The maximum Gasteiger partial charge on any atom is 0.573 e. The smallest absolute Gasteiger partial charge is 0.459 e. The van der Waals surface area contributed by atoms with Gasteiger partial charge in [0.1, 0.15) is 17.5 Å². The van der Waals surface area contributed by atoms with Crippen molar-refractivity contribution < 1.29 is 41.5 Å². The van der Waals surface area contributed by atoms with Crippen LogP contribution in [0.15, 0.2) is 59.1 Å². The fourth-order valence-corrected chi connectivity index (χ4v) is 4.64. The third-order valence-electron chi connectivity index (χ3n) is 6.71. The van der Waals surface area contributed by atoms with Gasteiger partial charge in [0.25, 0.3) is 5.89 Å². The molecule has 4 aromatic rings. The van der Waals surface area contributed by atoms with Crippen molar-refractivity contribution in [1.82, 2.24) is 19.9 Å². The fraction of sp³-hybridized carbons (Fsp3) is 0.424. The zero-order valence-corrected chi connectivity index (χ0v) is 27.6. The Morgan fingerprint density at radius 2 is 1.75 bits per heavy atom. The summed E-state index contributed by atoms with van der Waals surface area (Å²) in [6, 6.07) is 15.1. The molecule has 258 valence electrons. The number of ether oxygens (including phenoxy) is 3. The SMILES string of the molecule is CC(C)(C)OC(N)=O.Cc1cc(-c2nc(-c3ccc(OC(F)(F)F)cc3)no2)nn1Cc1cccc(N2CC(OC(=O)CC(C)C)C2)c1. The van der Waals surface area contributed by atoms with Crippen molar-refractivity contribution in [1.29, 1.82) is 0 Å². The summed E-state index contributed by atoms with van der Waals surface area (Å²) in [5.41, 5.74) is 8.20. The number of nitrogens with two attached hydrogens (primary N) is 1. The minimum atomic E-state index is -4.76. The van der Waals surface area contributed by atoms with Crippen LogP contribution >= 0.6 is 0 Å². The Kier molecular flexibility index (Phi) is 11.0. The van der Waals surface area contributed by atoms with E-state index >= 15 is 0 Å². The molecule has 0 spiro atoms. The highest BCUT2D eigenvalue weighted by atomic mass is 19.4. The maximum atomic E-state index is 12.4. The molecule has 1 fully saturated rings. The summed E-state index contributed by atoms with van der Waals surface area (Å²) in [5.74, 6) is 0.199. The second-order valence-electron chi connectivity index (χ2n) is 12.6. The van der Waals surface area contributed by atoms with Gasteiger partial charge in [-0.15, -0.1) is 13.2 Å². The third kappa shape index (κ3) is 10.7. The van der Waals surface area contributed by atoms with Gasteiger partial charge in [-0.05, 0) is 81.6 Å². The molecule has 2 aromatic carbocycles. The van der Waals surface area contributed by atoms with E-state index in [0.717, 1.165) is 16.9 Å². The number of rotatable bonds is 9. The third-order valence-corrected chi connectivity index (χ3v) is 6.71. The Hall–Kier alpha value is -5.08. The van der Waals surface area contributed by atoms with Crippen LogP contribution in [0.1, 0.15) is 52.3 Å². The Labute approximate surface area is 275 Å². The van der Waals surface area contributed by atoms with Gasteiger partial charge >= 0.3 is 18.4 Å². The first-order valence-electron chi connectivity index (χ1n) is 15.2. The summed E-state index contributed by atoms with van der Waals surface area (Å²) in [6.07, 6.45) is -5.15. The Morgan fingerprint density at radius 3 is 2.33 bits per heavy atom. The van der Waals surface area contributed by atoms with Crippen LogP contribution in [-0.2, 0) is 20.8 Å². The van der Waals surface area contributed by atoms with E-state index in [4.69, 9.17) is 15.0 Å². The predicted octanol–water partition coefficient (Wildman–Crippen LogP) is 6.51. The van der Waals surface area contributed by atoms with Gasteiger partial charge in [0, 0.05) is 23.4 Å². The molecule has 0 saturated carbocycles. The van der Waals surface area contributed by atoms with Crippen molar-refractivity contribution in [2.45, 2.75) is 72.6 Å². The van der Waals surface area contributed by atoms with E-state index < -0.39 is 18.1 Å². The topological polar surface area (TPSA) is 148 Å². The van der Waals surface area contributed by atoms with Crippen LogP contribution in [0, 0.1) is 12.8 Å². The highest BCUT2D eigenvalue weighted by Crippen LogP contribution is 2.28. The van der Waals surface area contributed by atoms with Crippen LogP contribution in [0.2, 0.25) is 0 Å². The van der Waals surface area contributed by atoms with Crippen LogP contribution in [0.5, 0.6) is 5.75 Å². The number of carbonyl (C=O) groups excluding carboxylic acids is 2. The van der Waals surface area contributed by atoms with Crippen LogP contribution in [0.4, 0.5) is 23.7 Å². The zero-order valence-electron chi connectivity index (χ0n) is 27.6. The van der Waals surface area contributed by atoms with Gasteiger partial charge in [-0.1, -0.05) is 31.1 Å². The quantitative estimate of drug-likeness (QED) is 0.195. The van der Waals surface area contributed by atoms with E-state index in [1.54, 1.807) is 20.8 Å². The number of nitrogens with zero attached hydrogens (tertiary/aromatic N) is 5. The summed E-state index contributed by atoms with van der Waals surface area (Å²) in [4.78, 5) is 28.5. The first-order valence-corrected chi connectivity index (χ1v) is 15.2. The van der Waals surface area contributed by atoms with Crippen molar-refractivity contribution in [3.05, 3.63) is 65.9 Å². The largest absolute Gasteiger partial charge is 0.573 e. The number of hydrogen-bond donors (Lipinski definition) is 1. The van der Waals surface area contributed by atoms with E-state index in [1.165, 1.54) is 24.3 Å². The first-order chi connectivity index (χ1) is 22.4. The lowest BCUT2D eigenvalue weighted by atomic mass is 10.1. The standard InChI is InChI=1S/C28H28F3N5O4.C5H11NO2/c1-17(2)11-25(37)38-23-15-35(16-23)21-6-4-5-19(13-21)14-36-18(3)12-24(33-36)27-32-26(34-40-27)20-7-9-22(10-8-20)39-28(29,30)31;1-5(2,3)8-4(6)7/h4-10,12-13,17,23H,11,14-16H2,1-3H3;1-3H3,(H2,6,7). The van der Waals surface area contributed by atoms with Crippen molar-refractivity contribution in [2.75, 3.05) is 18.0 Å². The molecule has 5 rings (SSSR count). The summed E-state index contributed by atoms with van der Waals surface area (Å²) < 4.78 is 58.4. The van der Waals surface area contributed by atoms with Gasteiger partial charge in [-0.2, -0.15) is 10.1 Å². The molecule has 1 aliphatic rings. The molecule has 0 aliphatic carbocycles. The molecule has 0 atom stereocenters. The van der Waals surface area contributed by atoms with Crippen molar-refractivity contribution in [2.24, 2.45) is 11.7 Å². The minimum absolute atomic E-state index is 0.0868. The van der Waals surface area contributed by atoms with Crippen LogP contribution < -0.4 is 15.4 Å². The van der Waals surface area contributed by atoms with Crippen LogP contribution in [0.3, 0.4) is 0 Å². The molecule has 0 unspecified atom stereocenters. The molecular weight excluding hydrogens is 633 g/mol. The van der Waals surface area contributed by atoms with Gasteiger partial charge < -0.3 is 29.4 Å².